The van der Waals surface area contributed by atoms with Crippen LogP contribution < -0.4 is 0 Å². The molecule has 1 aromatic heterocycles. The second-order valence-electron chi connectivity index (χ2n) is 5.43. The lowest BCUT2D eigenvalue weighted by atomic mass is 10.1. The van der Waals surface area contributed by atoms with Gasteiger partial charge in [0.1, 0.15) is 12.6 Å². The molecule has 0 bridgehead atoms. The molecular formula is C19H16N2O. The molecule has 0 saturated heterocycles. The van der Waals surface area contributed by atoms with Crippen LogP contribution in [0.2, 0.25) is 0 Å². The molecule has 0 unspecified atom stereocenters. The van der Waals surface area contributed by atoms with Gasteiger partial charge in [0.15, 0.2) is 5.90 Å². The van der Waals surface area contributed by atoms with Crippen LogP contribution in [-0.2, 0) is 11.2 Å². The first kappa shape index (κ1) is 13.0. The minimum absolute atomic E-state index is 0.108. The third kappa shape index (κ3) is 2.58. The van der Waals surface area contributed by atoms with Crippen LogP contribution in [0.5, 0.6) is 0 Å². The monoisotopic (exact) mass is 288 g/mol. The van der Waals surface area contributed by atoms with Crippen molar-refractivity contribution < 1.29 is 4.74 Å². The molecule has 0 N–H and O–H groups in total. The van der Waals surface area contributed by atoms with Gasteiger partial charge in [-0.05, 0) is 17.7 Å². The van der Waals surface area contributed by atoms with Crippen molar-refractivity contribution in [3.05, 3.63) is 78.0 Å². The van der Waals surface area contributed by atoms with Crippen LogP contribution in [-0.4, -0.2) is 17.5 Å². The molecule has 22 heavy (non-hydrogen) atoms. The highest BCUT2D eigenvalue weighted by Crippen LogP contribution is 2.23. The fourth-order valence-electron chi connectivity index (χ4n) is 2.73. The number of aliphatic imine (C=N–C) groups is 1. The Hall–Kier alpha value is -2.68. The molecule has 0 spiro atoms. The molecule has 0 radical (unpaired) electrons. The van der Waals surface area contributed by atoms with E-state index < -0.39 is 0 Å². The van der Waals surface area contributed by atoms with Gasteiger partial charge in [0.25, 0.3) is 0 Å². The molecule has 0 aliphatic carbocycles. The van der Waals surface area contributed by atoms with Gasteiger partial charge in [-0.25, -0.2) is 4.99 Å². The van der Waals surface area contributed by atoms with Crippen LogP contribution in [0.4, 0.5) is 0 Å². The van der Waals surface area contributed by atoms with E-state index in [0.717, 1.165) is 22.5 Å². The van der Waals surface area contributed by atoms with Gasteiger partial charge >= 0.3 is 0 Å². The molecule has 2 heterocycles. The van der Waals surface area contributed by atoms with Crippen LogP contribution in [0.3, 0.4) is 0 Å². The van der Waals surface area contributed by atoms with Gasteiger partial charge in [-0.15, -0.1) is 0 Å². The Morgan fingerprint density at radius 2 is 1.73 bits per heavy atom. The number of ether oxygens (including phenoxy) is 1. The summed E-state index contributed by atoms with van der Waals surface area (Å²) in [6.07, 6.45) is 0.647. The Morgan fingerprint density at radius 1 is 0.909 bits per heavy atom. The zero-order chi connectivity index (χ0) is 14.8. The van der Waals surface area contributed by atoms with Gasteiger partial charge < -0.3 is 4.74 Å². The second-order valence-corrected chi connectivity index (χ2v) is 5.43. The lowest BCUT2D eigenvalue weighted by Crippen LogP contribution is -2.05. The molecule has 0 amide bonds. The quantitative estimate of drug-likeness (QED) is 0.731. The summed E-state index contributed by atoms with van der Waals surface area (Å²) in [5, 5.41) is 1.16. The number of hydrogen-bond donors (Lipinski definition) is 0. The Morgan fingerprint density at radius 3 is 2.64 bits per heavy atom. The van der Waals surface area contributed by atoms with Crippen molar-refractivity contribution in [2.45, 2.75) is 12.5 Å². The van der Waals surface area contributed by atoms with E-state index in [1.54, 1.807) is 0 Å². The lowest BCUT2D eigenvalue weighted by Gasteiger charge is -2.03. The Bertz CT molecular complexity index is 827. The molecule has 108 valence electrons. The van der Waals surface area contributed by atoms with E-state index in [-0.39, 0.29) is 6.04 Å². The zero-order valence-corrected chi connectivity index (χ0v) is 12.1. The fraction of sp³-hybridized carbons (Fsp3) is 0.158. The summed E-state index contributed by atoms with van der Waals surface area (Å²) in [7, 11) is 0. The number of para-hydroxylation sites is 1. The van der Waals surface area contributed by atoms with E-state index in [1.807, 2.05) is 42.5 Å². The highest BCUT2D eigenvalue weighted by Gasteiger charge is 2.20. The number of rotatable bonds is 3. The number of pyridine rings is 1. The zero-order valence-electron chi connectivity index (χ0n) is 12.1. The van der Waals surface area contributed by atoms with Crippen LogP contribution in [0, 0.1) is 0 Å². The van der Waals surface area contributed by atoms with Crippen LogP contribution in [0.25, 0.3) is 10.9 Å². The number of benzene rings is 2. The fourth-order valence-corrected chi connectivity index (χ4v) is 2.73. The van der Waals surface area contributed by atoms with Crippen molar-refractivity contribution in [1.82, 2.24) is 4.98 Å². The number of nitrogens with zero attached hydrogens (tertiary/aromatic N) is 2. The Kier molecular flexibility index (Phi) is 3.31. The van der Waals surface area contributed by atoms with Crippen LogP contribution >= 0.6 is 0 Å². The highest BCUT2D eigenvalue weighted by molar-refractivity contribution is 5.82. The molecule has 0 fully saturated rings. The van der Waals surface area contributed by atoms with Gasteiger partial charge in [-0.3, -0.25) is 4.98 Å². The predicted molar refractivity (Wildman–Crippen MR) is 88.0 cm³/mol. The Labute approximate surface area is 129 Å². The summed E-state index contributed by atoms with van der Waals surface area (Å²) in [5.41, 5.74) is 3.20. The first-order valence-electron chi connectivity index (χ1n) is 7.47. The van der Waals surface area contributed by atoms with Gasteiger partial charge in [-0.1, -0.05) is 54.6 Å². The maximum Gasteiger partial charge on any atom is 0.190 e. The van der Waals surface area contributed by atoms with E-state index in [9.17, 15) is 0 Å². The van der Waals surface area contributed by atoms with Gasteiger partial charge in [0.05, 0.1) is 17.6 Å². The summed E-state index contributed by atoms with van der Waals surface area (Å²) >= 11 is 0. The number of hydrogen-bond acceptors (Lipinski definition) is 3. The maximum absolute atomic E-state index is 5.75. The van der Waals surface area contributed by atoms with E-state index in [0.29, 0.717) is 13.0 Å². The average Bonchev–Trinajstić information content (AvgIpc) is 3.04. The smallest absolute Gasteiger partial charge is 0.190 e. The largest absolute Gasteiger partial charge is 0.478 e. The molecule has 1 aliphatic heterocycles. The molecule has 4 rings (SSSR count). The normalized spacial score (nSPS) is 17.3. The molecular weight excluding hydrogens is 272 g/mol. The minimum atomic E-state index is 0.108. The first-order chi connectivity index (χ1) is 10.9. The first-order valence-corrected chi connectivity index (χ1v) is 7.47. The SMILES string of the molecule is c1ccc([C@@H]2COC(Cc3ccc4ccccc4n3)=N2)cc1. The molecule has 3 aromatic rings. The summed E-state index contributed by atoms with van der Waals surface area (Å²) in [5.74, 6) is 0.775. The third-order valence-corrected chi connectivity index (χ3v) is 3.88. The molecule has 3 heteroatoms. The van der Waals surface area contributed by atoms with E-state index in [4.69, 9.17) is 4.74 Å². The van der Waals surface area contributed by atoms with Gasteiger partial charge in [-0.2, -0.15) is 0 Å². The standard InChI is InChI=1S/C19H16N2O/c1-2-6-14(7-3-1)18-13-22-19(21-18)12-16-11-10-15-8-4-5-9-17(15)20-16/h1-11,18H,12-13H2/t18-/m0/s1. The van der Waals surface area contributed by atoms with Crippen molar-refractivity contribution in [2.24, 2.45) is 4.99 Å². The molecule has 1 aliphatic rings. The van der Waals surface area contributed by atoms with Crippen LogP contribution in [0.15, 0.2) is 71.7 Å². The Balaban J connectivity index is 1.55. The minimum Gasteiger partial charge on any atom is -0.478 e. The maximum atomic E-state index is 5.75. The molecule has 3 nitrogen and oxygen atoms in total. The topological polar surface area (TPSA) is 34.5 Å². The molecule has 0 saturated carbocycles. The number of fused-ring (bicyclic) bond motifs is 1. The van der Waals surface area contributed by atoms with Crippen molar-refractivity contribution in [3.8, 4) is 0 Å². The van der Waals surface area contributed by atoms with Crippen molar-refractivity contribution in [1.29, 1.82) is 0 Å². The average molecular weight is 288 g/mol. The van der Waals surface area contributed by atoms with Crippen molar-refractivity contribution >= 4 is 16.8 Å². The van der Waals surface area contributed by atoms with Gasteiger partial charge in [0, 0.05) is 5.39 Å². The van der Waals surface area contributed by atoms with Crippen LogP contribution in [0.1, 0.15) is 17.3 Å². The third-order valence-electron chi connectivity index (χ3n) is 3.88. The second kappa shape index (κ2) is 5.60. The predicted octanol–water partition coefficient (Wildman–Crippen LogP) is 3.95. The lowest BCUT2D eigenvalue weighted by molar-refractivity contribution is 0.313. The van der Waals surface area contributed by atoms with E-state index in [1.165, 1.54) is 5.56 Å². The van der Waals surface area contributed by atoms with Crippen molar-refractivity contribution in [3.63, 3.8) is 0 Å². The molecule has 1 atom stereocenters. The van der Waals surface area contributed by atoms with E-state index >= 15 is 0 Å². The molecule has 2 aromatic carbocycles. The van der Waals surface area contributed by atoms with Crippen molar-refractivity contribution in [2.75, 3.05) is 6.61 Å². The number of aromatic nitrogens is 1. The van der Waals surface area contributed by atoms with Gasteiger partial charge in [0.2, 0.25) is 0 Å². The summed E-state index contributed by atoms with van der Waals surface area (Å²) < 4.78 is 5.75. The summed E-state index contributed by atoms with van der Waals surface area (Å²) in [4.78, 5) is 9.36. The summed E-state index contributed by atoms with van der Waals surface area (Å²) in [6.45, 7) is 0.618. The summed E-state index contributed by atoms with van der Waals surface area (Å²) in [6, 6.07) is 22.7. The highest BCUT2D eigenvalue weighted by atomic mass is 16.5. The van der Waals surface area contributed by atoms with E-state index in [2.05, 4.69) is 34.2 Å².